The van der Waals surface area contributed by atoms with Crippen molar-refractivity contribution in [3.8, 4) is 19.5 Å². The number of rotatable bonds is 34. The SMILES string of the molecule is CCCCCCCCCCCCCCCCCc1c(C)sc2c1sc1c3sc(-c4ccc(-c5ccc(C)s5)s4)c(CCCCCCCCCCCCCCCCC)c3sc21. The summed E-state index contributed by atoms with van der Waals surface area (Å²) in [6.45, 7) is 9.27. The van der Waals surface area contributed by atoms with Gasteiger partial charge in [-0.3, -0.25) is 0 Å². The highest BCUT2D eigenvalue weighted by Crippen LogP contribution is 2.55. The average Bonchev–Trinajstić information content (AvgIpc) is 4.11. The van der Waals surface area contributed by atoms with Gasteiger partial charge >= 0.3 is 0 Å². The Balaban J connectivity index is 1.00. The lowest BCUT2D eigenvalue weighted by molar-refractivity contribution is 0.532. The molecule has 0 aliphatic heterocycles. The lowest BCUT2D eigenvalue weighted by Crippen LogP contribution is -1.87. The summed E-state index contributed by atoms with van der Waals surface area (Å²) in [7, 11) is 0. The van der Waals surface area contributed by atoms with Gasteiger partial charge in [0.2, 0.25) is 0 Å². The van der Waals surface area contributed by atoms with Gasteiger partial charge in [-0.25, -0.2) is 0 Å². The zero-order valence-electron chi connectivity index (χ0n) is 38.4. The third-order valence-corrected chi connectivity index (χ3v) is 21.1. The van der Waals surface area contributed by atoms with E-state index in [1.807, 2.05) is 22.7 Å². The standard InChI is InChI=1S/C54H80S6/c1-5-7-9-11-13-15-17-19-21-23-25-27-29-31-33-35-43-42(4)56-51-49(43)59-54-52-50(60-53(51)54)44(48(58-52)47-40-39-46(57-47)45-38-37-41(3)55-45)36-34-32-30-28-26-24-22-20-18-16-14-12-10-8-6-2/h37-40H,5-36H2,1-4H3. The molecule has 0 unspecified atom stereocenters. The summed E-state index contributed by atoms with van der Waals surface area (Å²) in [5.41, 5.74) is 3.34. The van der Waals surface area contributed by atoms with E-state index in [4.69, 9.17) is 0 Å². The van der Waals surface area contributed by atoms with Gasteiger partial charge in [-0.15, -0.1) is 68.0 Å². The first kappa shape index (κ1) is 48.4. The summed E-state index contributed by atoms with van der Waals surface area (Å²) in [6, 6.07) is 9.42. The molecule has 6 rings (SSSR count). The van der Waals surface area contributed by atoms with E-state index in [0.717, 1.165) is 0 Å². The average molecular weight is 922 g/mol. The maximum Gasteiger partial charge on any atom is 0.0651 e. The topological polar surface area (TPSA) is 0 Å². The van der Waals surface area contributed by atoms with Gasteiger partial charge in [-0.1, -0.05) is 194 Å². The normalized spacial score (nSPS) is 12.1. The first-order valence-electron chi connectivity index (χ1n) is 25.1. The van der Waals surface area contributed by atoms with Crippen molar-refractivity contribution in [2.45, 2.75) is 233 Å². The quantitative estimate of drug-likeness (QED) is 0.0354. The molecule has 6 aromatic rings. The number of fused-ring (bicyclic) bond motifs is 5. The molecule has 0 bridgehead atoms. The van der Waals surface area contributed by atoms with Crippen LogP contribution < -0.4 is 0 Å². The van der Waals surface area contributed by atoms with Gasteiger partial charge in [-0.05, 0) is 74.9 Å². The largest absolute Gasteiger partial charge is 0.140 e. The predicted molar refractivity (Wildman–Crippen MR) is 284 cm³/mol. The minimum atomic E-state index is 1.23. The third kappa shape index (κ3) is 14.5. The lowest BCUT2D eigenvalue weighted by atomic mass is 10.0. The third-order valence-electron chi connectivity index (χ3n) is 13.0. The van der Waals surface area contributed by atoms with E-state index in [1.54, 1.807) is 49.1 Å². The van der Waals surface area contributed by atoms with Crippen molar-refractivity contribution in [3.05, 3.63) is 45.1 Å². The molecule has 0 saturated heterocycles. The van der Waals surface area contributed by atoms with Crippen molar-refractivity contribution in [2.75, 3.05) is 0 Å². The number of unbranched alkanes of at least 4 members (excludes halogenated alkanes) is 28. The molecule has 0 atom stereocenters. The number of aryl methyl sites for hydroxylation is 4. The number of hydrogen-bond acceptors (Lipinski definition) is 6. The summed E-state index contributed by atoms with van der Waals surface area (Å²) in [6.07, 6.45) is 45.4. The van der Waals surface area contributed by atoms with E-state index in [9.17, 15) is 0 Å². The molecule has 0 N–H and O–H groups in total. The molecule has 0 aliphatic rings. The van der Waals surface area contributed by atoms with Crippen molar-refractivity contribution in [1.82, 2.24) is 0 Å². The second-order valence-corrected chi connectivity index (χ2v) is 24.9. The molecule has 0 nitrogen and oxygen atoms in total. The van der Waals surface area contributed by atoms with E-state index >= 15 is 0 Å². The Kier molecular flexibility index (Phi) is 22.1. The van der Waals surface area contributed by atoms with E-state index in [-0.39, 0.29) is 0 Å². The van der Waals surface area contributed by atoms with Gasteiger partial charge in [-0.2, -0.15) is 0 Å². The molecule has 60 heavy (non-hydrogen) atoms. The van der Waals surface area contributed by atoms with E-state index in [0.29, 0.717) is 0 Å². The molecular formula is C54H80S6. The highest BCUT2D eigenvalue weighted by molar-refractivity contribution is 7.45. The Hall–Kier alpha value is -1.02. The van der Waals surface area contributed by atoms with Crippen molar-refractivity contribution in [3.63, 3.8) is 0 Å². The highest BCUT2D eigenvalue weighted by atomic mass is 32.1. The van der Waals surface area contributed by atoms with Gasteiger partial charge in [0, 0.05) is 29.3 Å². The molecule has 0 aliphatic carbocycles. The molecule has 0 aromatic carbocycles. The molecule has 0 radical (unpaired) electrons. The monoisotopic (exact) mass is 920 g/mol. The predicted octanol–water partition coefficient (Wildman–Crippen LogP) is 22.3. The van der Waals surface area contributed by atoms with Gasteiger partial charge in [0.05, 0.1) is 28.2 Å². The van der Waals surface area contributed by atoms with Crippen LogP contribution in [0.1, 0.15) is 227 Å². The number of hydrogen-bond donors (Lipinski definition) is 0. The molecule has 332 valence electrons. The zero-order chi connectivity index (χ0) is 41.8. The molecule has 0 amide bonds. The molecule has 0 fully saturated rings. The molecule has 0 spiro atoms. The Morgan fingerprint density at radius 1 is 0.300 bits per heavy atom. The maximum atomic E-state index is 2.43. The first-order valence-corrected chi connectivity index (χ1v) is 30.0. The Labute approximate surface area is 391 Å². The van der Waals surface area contributed by atoms with Crippen LogP contribution in [0.4, 0.5) is 0 Å². The van der Waals surface area contributed by atoms with Gasteiger partial charge < -0.3 is 0 Å². The molecular weight excluding hydrogens is 841 g/mol. The molecule has 6 heterocycles. The van der Waals surface area contributed by atoms with Crippen LogP contribution in [0.3, 0.4) is 0 Å². The van der Waals surface area contributed by atoms with Crippen LogP contribution in [0.15, 0.2) is 24.3 Å². The van der Waals surface area contributed by atoms with Gasteiger partial charge in [0.15, 0.2) is 0 Å². The van der Waals surface area contributed by atoms with Crippen molar-refractivity contribution < 1.29 is 0 Å². The van der Waals surface area contributed by atoms with E-state index < -0.39 is 0 Å². The fraction of sp³-hybridized carbons (Fsp3) is 0.667. The molecule has 0 saturated carbocycles. The van der Waals surface area contributed by atoms with Gasteiger partial charge in [0.25, 0.3) is 0 Å². The Morgan fingerprint density at radius 3 is 1.10 bits per heavy atom. The summed E-state index contributed by atoms with van der Waals surface area (Å²) in [5, 5.41) is 0. The van der Waals surface area contributed by atoms with Crippen molar-refractivity contribution in [2.24, 2.45) is 0 Å². The second kappa shape index (κ2) is 27.3. The van der Waals surface area contributed by atoms with E-state index in [2.05, 4.69) is 97.3 Å². The zero-order valence-corrected chi connectivity index (χ0v) is 43.3. The van der Waals surface area contributed by atoms with Crippen LogP contribution in [-0.4, -0.2) is 0 Å². The highest BCUT2D eigenvalue weighted by Gasteiger charge is 2.24. The molecule has 6 aromatic heterocycles. The maximum absolute atomic E-state index is 2.43. The fourth-order valence-corrected chi connectivity index (χ4v) is 17.6. The summed E-state index contributed by atoms with van der Waals surface area (Å²) < 4.78 is 9.61. The van der Waals surface area contributed by atoms with E-state index in [1.165, 1.54) is 225 Å². The summed E-state index contributed by atoms with van der Waals surface area (Å²) in [5.74, 6) is 0. The van der Waals surface area contributed by atoms with Crippen LogP contribution in [0.25, 0.3) is 47.7 Å². The van der Waals surface area contributed by atoms with Crippen LogP contribution in [0, 0.1) is 13.8 Å². The summed E-state index contributed by atoms with van der Waals surface area (Å²) >= 11 is 12.5. The minimum Gasteiger partial charge on any atom is -0.140 e. The Morgan fingerprint density at radius 2 is 0.650 bits per heavy atom. The van der Waals surface area contributed by atoms with Gasteiger partial charge in [0.1, 0.15) is 0 Å². The number of thiophene rings is 6. The van der Waals surface area contributed by atoms with Crippen molar-refractivity contribution >= 4 is 96.2 Å². The van der Waals surface area contributed by atoms with Crippen LogP contribution in [0.2, 0.25) is 0 Å². The Bertz CT molecular complexity index is 2050. The minimum absolute atomic E-state index is 1.23. The fourth-order valence-electron chi connectivity index (χ4n) is 9.34. The first-order chi connectivity index (χ1) is 29.6. The van der Waals surface area contributed by atoms with Crippen LogP contribution in [0.5, 0.6) is 0 Å². The molecule has 6 heteroatoms. The summed E-state index contributed by atoms with van der Waals surface area (Å²) in [4.78, 5) is 8.88. The van der Waals surface area contributed by atoms with Crippen LogP contribution >= 0.6 is 68.0 Å². The smallest absolute Gasteiger partial charge is 0.0651 e. The second-order valence-electron chi connectivity index (χ2n) is 18.2. The van der Waals surface area contributed by atoms with Crippen LogP contribution in [-0.2, 0) is 12.8 Å². The van der Waals surface area contributed by atoms with Crippen molar-refractivity contribution in [1.29, 1.82) is 0 Å². The lowest BCUT2D eigenvalue weighted by Gasteiger charge is -2.05.